The van der Waals surface area contributed by atoms with Gasteiger partial charge in [0.2, 0.25) is 11.8 Å². The third kappa shape index (κ3) is 4.80. The summed E-state index contributed by atoms with van der Waals surface area (Å²) in [5.41, 5.74) is 1.60. The van der Waals surface area contributed by atoms with Gasteiger partial charge in [-0.25, -0.2) is 4.98 Å². The molecule has 2 aromatic rings. The van der Waals surface area contributed by atoms with E-state index in [-0.39, 0.29) is 24.8 Å². The first kappa shape index (κ1) is 27.9. The van der Waals surface area contributed by atoms with Gasteiger partial charge in [-0.05, 0) is 43.2 Å². The number of aliphatic hydroxyl groups excluding tert-OH is 1. The SMILES string of the molecule is Cc1ncsc1-c1ccc([C@]2(C)NC([C@@H]3C[C@@H](O)CN3C(=O)C(NC(=O)C3(C#N)CC3)C(C)(C)C)=NC2=O)cc1. The summed E-state index contributed by atoms with van der Waals surface area (Å²) in [7, 11) is 0. The zero-order chi connectivity index (χ0) is 29.0. The monoisotopic (exact) mass is 562 g/mol. The quantitative estimate of drug-likeness (QED) is 0.490. The Kier molecular flexibility index (Phi) is 6.83. The summed E-state index contributed by atoms with van der Waals surface area (Å²) in [6.07, 6.45) is 0.333. The lowest BCUT2D eigenvalue weighted by Gasteiger charge is -2.36. The van der Waals surface area contributed by atoms with Gasteiger partial charge >= 0.3 is 0 Å². The number of aliphatic imine (C=N–C) groups is 1. The summed E-state index contributed by atoms with van der Waals surface area (Å²) >= 11 is 1.55. The van der Waals surface area contributed by atoms with Gasteiger partial charge in [-0.15, -0.1) is 11.3 Å². The third-order valence-electron chi connectivity index (χ3n) is 8.16. The second-order valence-electron chi connectivity index (χ2n) is 12.3. The fourth-order valence-electron chi connectivity index (χ4n) is 5.36. The number of nitrogens with zero attached hydrogens (tertiary/aromatic N) is 4. The molecule has 1 unspecified atom stereocenters. The number of aryl methyl sites for hydroxylation is 1. The molecule has 4 atom stereocenters. The lowest BCUT2D eigenvalue weighted by molar-refractivity contribution is -0.140. The van der Waals surface area contributed by atoms with Crippen molar-refractivity contribution < 1.29 is 19.5 Å². The standard InChI is InChI=1S/C29H34N6O4S/c1-16-21(40-15-31-16)17-6-8-18(9-7-17)28(5)25(38)33-23(34-28)20-12-19(36)13-35(20)24(37)22(27(2,3)4)32-26(39)29(14-30)10-11-29/h6-9,15,19-20,22,36H,10-13H2,1-5H3,(H,32,39)(H,33,34,38)/t19-,20+,22?,28+/m1/s1. The molecule has 40 heavy (non-hydrogen) atoms. The molecule has 1 saturated heterocycles. The van der Waals surface area contributed by atoms with Crippen LogP contribution in [0, 0.1) is 29.1 Å². The normalized spacial score (nSPS) is 26.1. The molecule has 210 valence electrons. The summed E-state index contributed by atoms with van der Waals surface area (Å²) in [5.74, 6) is -0.903. The van der Waals surface area contributed by atoms with E-state index in [1.165, 1.54) is 4.90 Å². The Bertz CT molecular complexity index is 1430. The van der Waals surface area contributed by atoms with E-state index in [2.05, 4.69) is 26.7 Å². The van der Waals surface area contributed by atoms with Crippen LogP contribution in [0.2, 0.25) is 0 Å². The molecule has 11 heteroatoms. The maximum absolute atomic E-state index is 13.9. The van der Waals surface area contributed by atoms with Crippen LogP contribution >= 0.6 is 11.3 Å². The summed E-state index contributed by atoms with van der Waals surface area (Å²) < 4.78 is 0. The van der Waals surface area contributed by atoms with E-state index in [0.29, 0.717) is 18.7 Å². The number of aliphatic hydroxyl groups is 1. The van der Waals surface area contributed by atoms with Gasteiger partial charge in [0.15, 0.2) is 0 Å². The number of aromatic nitrogens is 1. The van der Waals surface area contributed by atoms with Crippen LogP contribution in [-0.4, -0.2) is 63.3 Å². The maximum atomic E-state index is 13.9. The van der Waals surface area contributed by atoms with Crippen molar-refractivity contribution in [1.82, 2.24) is 20.5 Å². The van der Waals surface area contributed by atoms with Crippen molar-refractivity contribution in [2.75, 3.05) is 6.54 Å². The Balaban J connectivity index is 1.37. The minimum atomic E-state index is -1.14. The van der Waals surface area contributed by atoms with E-state index < -0.39 is 40.5 Å². The van der Waals surface area contributed by atoms with Crippen LogP contribution in [0.4, 0.5) is 0 Å². The van der Waals surface area contributed by atoms with E-state index in [4.69, 9.17) is 0 Å². The van der Waals surface area contributed by atoms with E-state index in [1.807, 2.05) is 52.0 Å². The fourth-order valence-corrected chi connectivity index (χ4v) is 6.17. The summed E-state index contributed by atoms with van der Waals surface area (Å²) in [5, 5.41) is 26.1. The first-order chi connectivity index (χ1) is 18.8. The molecular weight excluding hydrogens is 528 g/mol. The van der Waals surface area contributed by atoms with Crippen LogP contribution < -0.4 is 10.6 Å². The number of benzene rings is 1. The highest BCUT2D eigenvalue weighted by Crippen LogP contribution is 2.45. The minimum Gasteiger partial charge on any atom is -0.391 e. The Hall–Kier alpha value is -3.62. The van der Waals surface area contributed by atoms with Gasteiger partial charge in [0.05, 0.1) is 34.3 Å². The fraction of sp³-hybridized carbons (Fsp3) is 0.517. The van der Waals surface area contributed by atoms with E-state index in [0.717, 1.165) is 21.7 Å². The summed E-state index contributed by atoms with van der Waals surface area (Å²) in [6, 6.07) is 8.16. The number of likely N-dealkylation sites (tertiary alicyclic amines) is 1. The van der Waals surface area contributed by atoms with Gasteiger partial charge < -0.3 is 20.6 Å². The van der Waals surface area contributed by atoms with Crippen LogP contribution in [0.15, 0.2) is 34.8 Å². The smallest absolute Gasteiger partial charge is 0.277 e. The zero-order valence-corrected chi connectivity index (χ0v) is 24.1. The van der Waals surface area contributed by atoms with Crippen molar-refractivity contribution in [3.63, 3.8) is 0 Å². The number of amidine groups is 1. The Morgan fingerprint density at radius 3 is 2.50 bits per heavy atom. The van der Waals surface area contributed by atoms with Crippen molar-refractivity contribution in [2.45, 2.75) is 77.6 Å². The number of thiazole rings is 1. The van der Waals surface area contributed by atoms with E-state index in [9.17, 15) is 24.8 Å². The molecule has 3 heterocycles. The first-order valence-electron chi connectivity index (χ1n) is 13.4. The number of hydrogen-bond acceptors (Lipinski definition) is 8. The van der Waals surface area contributed by atoms with Gasteiger partial charge in [0, 0.05) is 13.0 Å². The molecule has 0 radical (unpaired) electrons. The highest BCUT2D eigenvalue weighted by Gasteiger charge is 2.54. The lowest BCUT2D eigenvalue weighted by atomic mass is 9.85. The van der Waals surface area contributed by atoms with Gasteiger partial charge in [0.1, 0.15) is 22.8 Å². The molecule has 0 bridgehead atoms. The number of carbonyl (C=O) groups is 3. The van der Waals surface area contributed by atoms with Crippen molar-refractivity contribution in [1.29, 1.82) is 5.26 Å². The number of nitriles is 1. The molecule has 1 aliphatic carbocycles. The first-order valence-corrected chi connectivity index (χ1v) is 14.3. The molecule has 1 saturated carbocycles. The number of β-amino-alcohol motifs (C(OH)–C–C–N with tert-alkyl or cyclic N) is 1. The zero-order valence-electron chi connectivity index (χ0n) is 23.3. The number of carbonyl (C=O) groups excluding carboxylic acids is 3. The molecule has 3 aliphatic rings. The molecule has 10 nitrogen and oxygen atoms in total. The van der Waals surface area contributed by atoms with Gasteiger partial charge in [-0.3, -0.25) is 14.4 Å². The van der Waals surface area contributed by atoms with Crippen molar-refractivity contribution in [2.24, 2.45) is 15.8 Å². The molecule has 3 N–H and O–H groups in total. The van der Waals surface area contributed by atoms with Gasteiger partial charge in [-0.1, -0.05) is 45.0 Å². The van der Waals surface area contributed by atoms with Gasteiger partial charge in [-0.2, -0.15) is 10.3 Å². The second-order valence-corrected chi connectivity index (χ2v) is 13.1. The Morgan fingerprint density at radius 2 is 1.95 bits per heavy atom. The van der Waals surface area contributed by atoms with Crippen LogP contribution in [0.5, 0.6) is 0 Å². The van der Waals surface area contributed by atoms with Crippen LogP contribution in [-0.2, 0) is 19.9 Å². The molecule has 3 amide bonds. The molecule has 1 aromatic heterocycles. The molecular formula is C29H34N6O4S. The number of rotatable bonds is 6. The third-order valence-corrected chi connectivity index (χ3v) is 9.14. The maximum Gasteiger partial charge on any atom is 0.277 e. The number of hydrogen-bond donors (Lipinski definition) is 3. The van der Waals surface area contributed by atoms with Crippen LogP contribution in [0.3, 0.4) is 0 Å². The highest BCUT2D eigenvalue weighted by molar-refractivity contribution is 7.13. The summed E-state index contributed by atoms with van der Waals surface area (Å²) in [4.78, 5) is 51.3. The van der Waals surface area contributed by atoms with Crippen molar-refractivity contribution >= 4 is 34.9 Å². The topological polar surface area (TPSA) is 148 Å². The Labute approximate surface area is 237 Å². The van der Waals surface area contributed by atoms with Crippen LogP contribution in [0.1, 0.15) is 58.2 Å². The minimum absolute atomic E-state index is 0.0455. The number of nitrogens with one attached hydrogen (secondary N) is 2. The number of amides is 3. The second kappa shape index (κ2) is 9.78. The average molecular weight is 563 g/mol. The van der Waals surface area contributed by atoms with Crippen molar-refractivity contribution in [3.8, 4) is 16.5 Å². The molecule has 5 rings (SSSR count). The Morgan fingerprint density at radius 1 is 1.27 bits per heavy atom. The largest absolute Gasteiger partial charge is 0.391 e. The molecule has 1 aromatic carbocycles. The van der Waals surface area contributed by atoms with E-state index in [1.54, 1.807) is 23.8 Å². The summed E-state index contributed by atoms with van der Waals surface area (Å²) in [6.45, 7) is 9.27. The van der Waals surface area contributed by atoms with Crippen LogP contribution in [0.25, 0.3) is 10.4 Å². The lowest BCUT2D eigenvalue weighted by Crippen LogP contribution is -2.59. The molecule has 2 fully saturated rings. The van der Waals surface area contributed by atoms with Crippen molar-refractivity contribution in [3.05, 3.63) is 41.0 Å². The molecule has 0 spiro atoms. The predicted octanol–water partition coefficient (Wildman–Crippen LogP) is 2.66. The van der Waals surface area contributed by atoms with Gasteiger partial charge in [0.25, 0.3) is 5.91 Å². The van der Waals surface area contributed by atoms with E-state index >= 15 is 0 Å². The predicted molar refractivity (Wildman–Crippen MR) is 150 cm³/mol. The average Bonchev–Trinajstić information content (AvgIpc) is 3.28. The highest BCUT2D eigenvalue weighted by atomic mass is 32.1. The molecule has 2 aliphatic heterocycles.